The highest BCUT2D eigenvalue weighted by molar-refractivity contribution is 5.61. The van der Waals surface area contributed by atoms with E-state index in [1.165, 1.54) is 42.7 Å². The van der Waals surface area contributed by atoms with Gasteiger partial charge in [-0.2, -0.15) is 0 Å². The lowest BCUT2D eigenvalue weighted by Gasteiger charge is -2.38. The molecule has 1 heteroatoms. The second-order valence-corrected chi connectivity index (χ2v) is 6.90. The lowest BCUT2D eigenvalue weighted by atomic mass is 9.66. The molecule has 1 aromatic rings. The molecule has 1 fully saturated rings. The second kappa shape index (κ2) is 4.98. The Labute approximate surface area is 126 Å². The average molecular weight is 277 g/mol. The summed E-state index contributed by atoms with van der Waals surface area (Å²) in [5, 5.41) is 2.63. The van der Waals surface area contributed by atoms with Crippen molar-refractivity contribution in [2.45, 2.75) is 39.0 Å². The van der Waals surface area contributed by atoms with E-state index in [-0.39, 0.29) is 5.41 Å². The van der Waals surface area contributed by atoms with Crippen molar-refractivity contribution in [2.75, 3.05) is 6.54 Å². The van der Waals surface area contributed by atoms with Gasteiger partial charge in [-0.25, -0.2) is 0 Å². The van der Waals surface area contributed by atoms with Gasteiger partial charge in [0.15, 0.2) is 0 Å². The molecule has 0 bridgehead atoms. The normalized spacial score (nSPS) is 31.0. The molecular formula is C20H23N. The summed E-state index contributed by atoms with van der Waals surface area (Å²) in [5.74, 6) is 0.843. The minimum atomic E-state index is 0.260. The molecule has 2 atom stereocenters. The Hall–Kier alpha value is -1.63. The molecule has 0 aromatic heterocycles. The molecule has 2 aliphatic carbocycles. The van der Waals surface area contributed by atoms with Gasteiger partial charge in [-0.3, -0.25) is 4.99 Å². The number of benzene rings is 1. The van der Waals surface area contributed by atoms with Crippen LogP contribution in [-0.4, -0.2) is 6.54 Å². The summed E-state index contributed by atoms with van der Waals surface area (Å²) in [6.07, 6.45) is 13.3. The number of para-hydroxylation sites is 1. The van der Waals surface area contributed by atoms with E-state index in [9.17, 15) is 0 Å². The summed E-state index contributed by atoms with van der Waals surface area (Å²) in [6.45, 7) is 3.29. The van der Waals surface area contributed by atoms with Crippen LogP contribution in [0.25, 0.3) is 5.57 Å². The quantitative estimate of drug-likeness (QED) is 0.687. The summed E-state index contributed by atoms with van der Waals surface area (Å²) in [4.78, 5) is 4.92. The molecule has 0 radical (unpaired) electrons. The molecule has 108 valence electrons. The Kier molecular flexibility index (Phi) is 3.10. The van der Waals surface area contributed by atoms with Gasteiger partial charge in [0.25, 0.3) is 0 Å². The van der Waals surface area contributed by atoms with E-state index in [2.05, 4.69) is 49.4 Å². The van der Waals surface area contributed by atoms with Crippen LogP contribution in [-0.2, 0) is 0 Å². The van der Waals surface area contributed by atoms with E-state index in [0.717, 1.165) is 12.5 Å². The van der Waals surface area contributed by atoms with Gasteiger partial charge in [-0.1, -0.05) is 48.9 Å². The minimum Gasteiger partial charge on any atom is -0.280 e. The van der Waals surface area contributed by atoms with E-state index >= 15 is 0 Å². The number of fused-ring (bicyclic) bond motifs is 1. The number of rotatable bonds is 0. The Balaban J connectivity index is 2.04. The monoisotopic (exact) mass is 277 g/mol. The maximum atomic E-state index is 4.92. The molecule has 1 aliphatic heterocycles. The van der Waals surface area contributed by atoms with E-state index < -0.39 is 0 Å². The van der Waals surface area contributed by atoms with Gasteiger partial charge >= 0.3 is 0 Å². The third-order valence-corrected chi connectivity index (χ3v) is 5.69. The zero-order valence-electron chi connectivity index (χ0n) is 12.8. The highest BCUT2D eigenvalue weighted by Gasteiger charge is 2.40. The van der Waals surface area contributed by atoms with Crippen molar-refractivity contribution in [3.05, 3.63) is 58.6 Å². The van der Waals surface area contributed by atoms with Gasteiger partial charge in [0, 0.05) is 5.41 Å². The molecule has 2 unspecified atom stereocenters. The molecule has 0 N–H and O–H groups in total. The van der Waals surface area contributed by atoms with Crippen molar-refractivity contribution in [3.63, 3.8) is 0 Å². The lowest BCUT2D eigenvalue weighted by molar-refractivity contribution is 0.393. The van der Waals surface area contributed by atoms with Crippen LogP contribution in [0.1, 0.15) is 39.0 Å². The second-order valence-electron chi connectivity index (χ2n) is 6.90. The summed E-state index contributed by atoms with van der Waals surface area (Å²) < 4.78 is 0. The van der Waals surface area contributed by atoms with Gasteiger partial charge in [-0.05, 0) is 54.9 Å². The molecule has 1 aromatic carbocycles. The van der Waals surface area contributed by atoms with Gasteiger partial charge in [-0.15, -0.1) is 0 Å². The number of allylic oxidation sites excluding steroid dienone is 3. The Bertz CT molecular complexity index is 737. The van der Waals surface area contributed by atoms with E-state index in [1.807, 2.05) is 0 Å². The summed E-state index contributed by atoms with van der Waals surface area (Å²) in [7, 11) is 0. The Morgan fingerprint density at radius 2 is 2.10 bits per heavy atom. The van der Waals surface area contributed by atoms with Crippen molar-refractivity contribution in [3.8, 4) is 0 Å². The molecule has 1 nitrogen and oxygen atoms in total. The molecule has 0 saturated heterocycles. The van der Waals surface area contributed by atoms with Gasteiger partial charge < -0.3 is 0 Å². The first kappa shape index (κ1) is 13.1. The minimum absolute atomic E-state index is 0.260. The maximum absolute atomic E-state index is 4.92. The summed E-state index contributed by atoms with van der Waals surface area (Å²) >= 11 is 0. The van der Waals surface area contributed by atoms with Crippen molar-refractivity contribution >= 4 is 5.57 Å². The zero-order valence-corrected chi connectivity index (χ0v) is 12.8. The predicted molar refractivity (Wildman–Crippen MR) is 87.4 cm³/mol. The molecular weight excluding hydrogens is 254 g/mol. The van der Waals surface area contributed by atoms with E-state index in [1.54, 1.807) is 11.1 Å². The van der Waals surface area contributed by atoms with Crippen LogP contribution in [0.5, 0.6) is 0 Å². The first-order valence-corrected chi connectivity index (χ1v) is 8.29. The van der Waals surface area contributed by atoms with Crippen LogP contribution < -0.4 is 10.6 Å². The number of nitrogens with zero attached hydrogens (tertiary/aromatic N) is 1. The molecule has 1 heterocycles. The molecule has 21 heavy (non-hydrogen) atoms. The third-order valence-electron chi connectivity index (χ3n) is 5.69. The predicted octanol–water partition coefficient (Wildman–Crippen LogP) is 3.55. The molecule has 0 amide bonds. The van der Waals surface area contributed by atoms with Gasteiger partial charge in [0.2, 0.25) is 0 Å². The van der Waals surface area contributed by atoms with Crippen LogP contribution in [0.4, 0.5) is 0 Å². The van der Waals surface area contributed by atoms with E-state index in [4.69, 9.17) is 4.99 Å². The van der Waals surface area contributed by atoms with Crippen molar-refractivity contribution in [1.82, 2.24) is 0 Å². The van der Waals surface area contributed by atoms with Gasteiger partial charge in [0.05, 0.1) is 11.9 Å². The maximum Gasteiger partial charge on any atom is 0.0650 e. The zero-order chi connectivity index (χ0) is 14.3. The fourth-order valence-corrected chi connectivity index (χ4v) is 4.38. The summed E-state index contributed by atoms with van der Waals surface area (Å²) in [5.41, 5.74) is 3.47. The Morgan fingerprint density at radius 1 is 1.19 bits per heavy atom. The average Bonchev–Trinajstić information content (AvgIpc) is 2.76. The molecule has 1 spiro atoms. The topological polar surface area (TPSA) is 12.4 Å². The largest absolute Gasteiger partial charge is 0.280 e. The van der Waals surface area contributed by atoms with Gasteiger partial charge in [0.1, 0.15) is 0 Å². The standard InChI is InChI=1S/C20H23N/c1-15-9-10-18-17-7-2-3-8-19(17)21-14-16-6-4-5-12-20(16,18)13-11-15/h2-8,15H,9-14H2,1H3. The highest BCUT2D eigenvalue weighted by atomic mass is 14.7. The van der Waals surface area contributed by atoms with E-state index in [0.29, 0.717) is 0 Å². The third kappa shape index (κ3) is 2.02. The first-order valence-electron chi connectivity index (χ1n) is 8.29. The molecule has 1 saturated carbocycles. The van der Waals surface area contributed by atoms with Crippen molar-refractivity contribution in [1.29, 1.82) is 0 Å². The lowest BCUT2D eigenvalue weighted by Crippen LogP contribution is -2.33. The molecule has 4 rings (SSSR count). The summed E-state index contributed by atoms with van der Waals surface area (Å²) in [6, 6.07) is 8.79. The Morgan fingerprint density at radius 3 is 3.05 bits per heavy atom. The highest BCUT2D eigenvalue weighted by Crippen LogP contribution is 2.51. The van der Waals surface area contributed by atoms with Crippen LogP contribution in [0.3, 0.4) is 0 Å². The number of hydrogen-bond donors (Lipinski definition) is 0. The van der Waals surface area contributed by atoms with Crippen molar-refractivity contribution in [2.24, 2.45) is 16.3 Å². The van der Waals surface area contributed by atoms with Crippen molar-refractivity contribution < 1.29 is 0 Å². The van der Waals surface area contributed by atoms with Crippen LogP contribution in [0.15, 0.2) is 53.1 Å². The van der Waals surface area contributed by atoms with Crippen LogP contribution >= 0.6 is 0 Å². The molecule has 3 aliphatic rings. The number of hydrogen-bond acceptors (Lipinski definition) is 1. The first-order chi connectivity index (χ1) is 10.3. The SMILES string of the molecule is CC1CCC2=c3ccccc3=NCC3=CC=CCC32CC1. The van der Waals surface area contributed by atoms with Crippen LogP contribution in [0.2, 0.25) is 0 Å². The van der Waals surface area contributed by atoms with Crippen LogP contribution in [0, 0.1) is 11.3 Å². The smallest absolute Gasteiger partial charge is 0.0650 e. The fraction of sp³-hybridized carbons (Fsp3) is 0.450. The fourth-order valence-electron chi connectivity index (χ4n) is 4.38.